The van der Waals surface area contributed by atoms with Gasteiger partial charge in [0.1, 0.15) is 5.69 Å². The van der Waals surface area contributed by atoms with Crippen LogP contribution in [0.15, 0.2) is 6.07 Å². The molecular formula is C17H27N3O3. The summed E-state index contributed by atoms with van der Waals surface area (Å²) < 4.78 is 12.8. The summed E-state index contributed by atoms with van der Waals surface area (Å²) >= 11 is 0. The molecule has 3 heterocycles. The Labute approximate surface area is 137 Å². The normalized spacial score (nSPS) is 24.5. The van der Waals surface area contributed by atoms with Gasteiger partial charge in [-0.05, 0) is 39.2 Å². The summed E-state index contributed by atoms with van der Waals surface area (Å²) in [5.74, 6) is 0.0908. The average molecular weight is 321 g/mol. The largest absolute Gasteiger partial charge is 0.381 e. The summed E-state index contributed by atoms with van der Waals surface area (Å²) in [4.78, 5) is 15.0. The third-order valence-corrected chi connectivity index (χ3v) is 4.91. The van der Waals surface area contributed by atoms with Gasteiger partial charge in [-0.25, -0.2) is 0 Å². The van der Waals surface area contributed by atoms with E-state index in [4.69, 9.17) is 9.47 Å². The summed E-state index contributed by atoms with van der Waals surface area (Å²) in [7, 11) is 0. The van der Waals surface area contributed by atoms with E-state index >= 15 is 0 Å². The fourth-order valence-electron chi connectivity index (χ4n) is 3.70. The molecule has 1 atom stereocenters. The maximum Gasteiger partial charge on any atom is 0.272 e. The van der Waals surface area contributed by atoms with Gasteiger partial charge in [0, 0.05) is 31.7 Å². The predicted octanol–water partition coefficient (Wildman–Crippen LogP) is 1.87. The molecule has 0 N–H and O–H groups in total. The van der Waals surface area contributed by atoms with Gasteiger partial charge in [0.15, 0.2) is 0 Å². The monoisotopic (exact) mass is 321 g/mol. The lowest BCUT2D eigenvalue weighted by molar-refractivity contribution is 0.0449. The van der Waals surface area contributed by atoms with Crippen LogP contribution in [0, 0.1) is 12.3 Å². The van der Waals surface area contributed by atoms with Crippen LogP contribution < -0.4 is 0 Å². The highest BCUT2D eigenvalue weighted by molar-refractivity contribution is 5.92. The number of likely N-dealkylation sites (tertiary alicyclic amines) is 1. The van der Waals surface area contributed by atoms with E-state index < -0.39 is 0 Å². The molecule has 1 aromatic rings. The molecule has 0 bridgehead atoms. The number of nitrogens with zero attached hydrogens (tertiary/aromatic N) is 3. The van der Waals surface area contributed by atoms with Crippen molar-refractivity contribution >= 4 is 5.91 Å². The van der Waals surface area contributed by atoms with Gasteiger partial charge in [0.25, 0.3) is 5.91 Å². The zero-order valence-electron chi connectivity index (χ0n) is 14.2. The van der Waals surface area contributed by atoms with E-state index in [1.807, 2.05) is 24.8 Å². The number of aromatic nitrogens is 2. The van der Waals surface area contributed by atoms with Gasteiger partial charge in [-0.1, -0.05) is 0 Å². The zero-order valence-corrected chi connectivity index (χ0v) is 14.2. The average Bonchev–Trinajstić information content (AvgIpc) is 3.14. The van der Waals surface area contributed by atoms with Gasteiger partial charge in [-0.3, -0.25) is 9.48 Å². The number of amides is 1. The first-order chi connectivity index (χ1) is 11.1. The van der Waals surface area contributed by atoms with E-state index in [2.05, 4.69) is 5.10 Å². The molecule has 1 aromatic heterocycles. The van der Waals surface area contributed by atoms with Crippen molar-refractivity contribution < 1.29 is 14.3 Å². The van der Waals surface area contributed by atoms with Crippen LogP contribution in [-0.4, -0.2) is 60.1 Å². The fourth-order valence-corrected chi connectivity index (χ4v) is 3.70. The highest BCUT2D eigenvalue weighted by atomic mass is 16.5. The summed E-state index contributed by atoms with van der Waals surface area (Å²) in [6, 6.07) is 1.89. The van der Waals surface area contributed by atoms with E-state index in [0.29, 0.717) is 25.5 Å². The zero-order chi connectivity index (χ0) is 16.3. The minimum Gasteiger partial charge on any atom is -0.381 e. The van der Waals surface area contributed by atoms with Gasteiger partial charge >= 0.3 is 0 Å². The van der Waals surface area contributed by atoms with E-state index in [1.165, 1.54) is 6.42 Å². The first-order valence-corrected chi connectivity index (χ1v) is 8.63. The highest BCUT2D eigenvalue weighted by Gasteiger charge is 2.40. The van der Waals surface area contributed by atoms with Crippen LogP contribution in [0.25, 0.3) is 0 Å². The molecule has 2 fully saturated rings. The van der Waals surface area contributed by atoms with Crippen molar-refractivity contribution in [3.63, 3.8) is 0 Å². The SMILES string of the molecule is CCOCCn1nc(C)cc1C(=O)N1CCC[C@@]2(CCOC2)C1. The summed E-state index contributed by atoms with van der Waals surface area (Å²) in [6.07, 6.45) is 3.29. The molecule has 0 unspecified atom stereocenters. The Morgan fingerprint density at radius 3 is 3.09 bits per heavy atom. The molecule has 0 aromatic carbocycles. The van der Waals surface area contributed by atoms with E-state index in [0.717, 1.165) is 44.8 Å². The Bertz CT molecular complexity index is 549. The highest BCUT2D eigenvalue weighted by Crippen LogP contribution is 2.38. The number of hydrogen-bond acceptors (Lipinski definition) is 4. The molecule has 2 aliphatic rings. The first kappa shape index (κ1) is 16.5. The molecule has 128 valence electrons. The molecule has 6 nitrogen and oxygen atoms in total. The first-order valence-electron chi connectivity index (χ1n) is 8.63. The Hall–Kier alpha value is -1.40. The van der Waals surface area contributed by atoms with Gasteiger partial charge in [-0.2, -0.15) is 5.10 Å². The van der Waals surface area contributed by atoms with E-state index in [-0.39, 0.29) is 11.3 Å². The molecule has 23 heavy (non-hydrogen) atoms. The maximum atomic E-state index is 13.0. The van der Waals surface area contributed by atoms with Crippen LogP contribution in [0.4, 0.5) is 0 Å². The third-order valence-electron chi connectivity index (χ3n) is 4.91. The van der Waals surface area contributed by atoms with Gasteiger partial charge in [0.05, 0.1) is 25.5 Å². The van der Waals surface area contributed by atoms with Gasteiger partial charge < -0.3 is 14.4 Å². The molecule has 2 saturated heterocycles. The third kappa shape index (κ3) is 3.58. The van der Waals surface area contributed by atoms with E-state index in [1.54, 1.807) is 4.68 Å². The number of carbonyl (C=O) groups excluding carboxylic acids is 1. The number of carbonyl (C=O) groups is 1. The second-order valence-corrected chi connectivity index (χ2v) is 6.72. The van der Waals surface area contributed by atoms with Crippen molar-refractivity contribution in [2.24, 2.45) is 5.41 Å². The summed E-state index contributed by atoms with van der Waals surface area (Å²) in [5, 5.41) is 4.45. The molecule has 6 heteroatoms. The summed E-state index contributed by atoms with van der Waals surface area (Å²) in [6.45, 7) is 9.02. The molecule has 0 radical (unpaired) electrons. The lowest BCUT2D eigenvalue weighted by Gasteiger charge is -2.39. The topological polar surface area (TPSA) is 56.6 Å². The molecule has 0 saturated carbocycles. The van der Waals surface area contributed by atoms with E-state index in [9.17, 15) is 4.79 Å². The molecule has 3 rings (SSSR count). The van der Waals surface area contributed by atoms with Crippen LogP contribution >= 0.6 is 0 Å². The molecule has 1 spiro atoms. The van der Waals surface area contributed by atoms with Gasteiger partial charge in [0.2, 0.25) is 0 Å². The minimum absolute atomic E-state index is 0.0908. The standard InChI is InChI=1S/C17H27N3O3/c1-3-22-10-8-20-15(11-14(2)18-20)16(21)19-7-4-5-17(12-19)6-9-23-13-17/h11H,3-10,12-13H2,1-2H3/t17-/m1/s1. The fraction of sp³-hybridized carbons (Fsp3) is 0.765. The van der Waals surface area contributed by atoms with Crippen molar-refractivity contribution in [1.82, 2.24) is 14.7 Å². The second kappa shape index (κ2) is 7.01. The Morgan fingerprint density at radius 2 is 2.35 bits per heavy atom. The minimum atomic E-state index is 0.0908. The number of aryl methyl sites for hydroxylation is 1. The van der Waals surface area contributed by atoms with Crippen LogP contribution in [0.2, 0.25) is 0 Å². The summed E-state index contributed by atoms with van der Waals surface area (Å²) in [5.41, 5.74) is 1.73. The van der Waals surface area contributed by atoms with Crippen LogP contribution in [0.1, 0.15) is 42.4 Å². The number of ether oxygens (including phenoxy) is 2. The van der Waals surface area contributed by atoms with Crippen LogP contribution in [-0.2, 0) is 16.0 Å². The smallest absolute Gasteiger partial charge is 0.272 e. The maximum absolute atomic E-state index is 13.0. The van der Waals surface area contributed by atoms with Crippen LogP contribution in [0.5, 0.6) is 0 Å². The molecule has 1 amide bonds. The number of hydrogen-bond donors (Lipinski definition) is 0. The van der Waals surface area contributed by atoms with Crippen molar-refractivity contribution in [2.75, 3.05) is 39.5 Å². The quantitative estimate of drug-likeness (QED) is 0.777. The molecular weight excluding hydrogens is 294 g/mol. The van der Waals surface area contributed by atoms with Crippen molar-refractivity contribution in [2.45, 2.75) is 39.7 Å². The Kier molecular flexibility index (Phi) is 5.02. The van der Waals surface area contributed by atoms with Crippen molar-refractivity contribution in [3.8, 4) is 0 Å². The molecule has 2 aliphatic heterocycles. The lowest BCUT2D eigenvalue weighted by Crippen LogP contribution is -2.47. The van der Waals surface area contributed by atoms with Gasteiger partial charge in [-0.15, -0.1) is 0 Å². The predicted molar refractivity (Wildman–Crippen MR) is 86.5 cm³/mol. The number of rotatable bonds is 5. The Balaban J connectivity index is 1.72. The number of piperidine rings is 1. The molecule has 0 aliphatic carbocycles. The van der Waals surface area contributed by atoms with Crippen molar-refractivity contribution in [1.29, 1.82) is 0 Å². The second-order valence-electron chi connectivity index (χ2n) is 6.72. The van der Waals surface area contributed by atoms with Crippen molar-refractivity contribution in [3.05, 3.63) is 17.5 Å². The Morgan fingerprint density at radius 1 is 1.48 bits per heavy atom. The lowest BCUT2D eigenvalue weighted by atomic mass is 9.79. The van der Waals surface area contributed by atoms with Crippen LogP contribution in [0.3, 0.4) is 0 Å².